The molecule has 0 fully saturated rings. The van der Waals surface area contributed by atoms with Crippen molar-refractivity contribution in [3.63, 3.8) is 0 Å². The Morgan fingerprint density at radius 2 is 1.54 bits per heavy atom. The molecule has 37 heavy (non-hydrogen) atoms. The first-order chi connectivity index (χ1) is 17.5. The van der Waals surface area contributed by atoms with Crippen LogP contribution in [0.2, 0.25) is 0 Å². The van der Waals surface area contributed by atoms with E-state index in [-0.39, 0.29) is 24.2 Å². The average Bonchev–Trinajstić information content (AvgIpc) is 2.88. The molecule has 0 aliphatic rings. The number of carbonyl (C=O) groups is 2. The normalized spacial score (nSPS) is 12.2. The Kier molecular flexibility index (Phi) is 9.01. The number of anilines is 2. The first-order valence-electron chi connectivity index (χ1n) is 11.8. The molecule has 0 heterocycles. The Morgan fingerprint density at radius 1 is 0.919 bits per heavy atom. The van der Waals surface area contributed by atoms with Crippen molar-refractivity contribution < 1.29 is 22.4 Å². The Bertz CT molecular complexity index is 1360. The molecular weight excluding hydrogens is 495 g/mol. The molecule has 0 bridgehead atoms. The molecule has 0 radical (unpaired) electrons. The van der Waals surface area contributed by atoms with Crippen molar-refractivity contribution in [1.82, 2.24) is 9.62 Å². The lowest BCUT2D eigenvalue weighted by Crippen LogP contribution is -2.40. The van der Waals surface area contributed by atoms with Crippen molar-refractivity contribution in [1.29, 1.82) is 0 Å². The summed E-state index contributed by atoms with van der Waals surface area (Å²) in [5, 5.41) is 5.66. The molecule has 3 rings (SSSR count). The minimum absolute atomic E-state index is 0.0101. The number of nitrogens with one attached hydrogen (secondary N) is 2. The van der Waals surface area contributed by atoms with Gasteiger partial charge in [0.1, 0.15) is 5.82 Å². The molecule has 1 unspecified atom stereocenters. The molecule has 2 amide bonds. The number of para-hydroxylation sites is 2. The van der Waals surface area contributed by atoms with Gasteiger partial charge in [-0.25, -0.2) is 4.39 Å². The molecule has 1 atom stereocenters. The lowest BCUT2D eigenvalue weighted by Gasteiger charge is -2.27. The van der Waals surface area contributed by atoms with E-state index in [4.69, 9.17) is 0 Å². The topological polar surface area (TPSA) is 98.8 Å². The van der Waals surface area contributed by atoms with Gasteiger partial charge in [-0.2, -0.15) is 12.7 Å². The third-order valence-electron chi connectivity index (χ3n) is 5.81. The highest BCUT2D eigenvalue weighted by Gasteiger charge is 2.27. The molecule has 0 aliphatic carbocycles. The number of amides is 2. The molecule has 196 valence electrons. The molecule has 0 aromatic heterocycles. The Hall–Kier alpha value is -3.76. The molecule has 0 spiro atoms. The molecule has 2 N–H and O–H groups in total. The first-order valence-corrected chi connectivity index (χ1v) is 13.2. The minimum atomic E-state index is -3.99. The quantitative estimate of drug-likeness (QED) is 0.409. The van der Waals surface area contributed by atoms with Gasteiger partial charge in [-0.3, -0.25) is 13.9 Å². The maximum absolute atomic E-state index is 14.5. The van der Waals surface area contributed by atoms with Crippen molar-refractivity contribution in [2.24, 2.45) is 0 Å². The summed E-state index contributed by atoms with van der Waals surface area (Å²) in [6.07, 6.45) is 0.775. The average molecular weight is 527 g/mol. The van der Waals surface area contributed by atoms with Gasteiger partial charge in [0.05, 0.1) is 23.5 Å². The van der Waals surface area contributed by atoms with Gasteiger partial charge in [0, 0.05) is 25.7 Å². The van der Waals surface area contributed by atoms with E-state index in [1.807, 2.05) is 13.8 Å². The van der Waals surface area contributed by atoms with E-state index < -0.39 is 21.9 Å². The lowest BCUT2D eigenvalue weighted by atomic mass is 10.1. The van der Waals surface area contributed by atoms with Crippen molar-refractivity contribution >= 4 is 33.4 Å². The van der Waals surface area contributed by atoms with Crippen LogP contribution in [0.4, 0.5) is 15.8 Å². The van der Waals surface area contributed by atoms with E-state index in [0.29, 0.717) is 22.4 Å². The van der Waals surface area contributed by atoms with Gasteiger partial charge in [-0.15, -0.1) is 0 Å². The maximum Gasteiger partial charge on any atom is 0.303 e. The van der Waals surface area contributed by atoms with Gasteiger partial charge in [0.15, 0.2) is 0 Å². The van der Waals surface area contributed by atoms with E-state index in [1.54, 1.807) is 54.6 Å². The van der Waals surface area contributed by atoms with Crippen molar-refractivity contribution in [3.05, 3.63) is 95.3 Å². The summed E-state index contributed by atoms with van der Waals surface area (Å²) in [4.78, 5) is 25.5. The zero-order valence-electron chi connectivity index (χ0n) is 21.2. The van der Waals surface area contributed by atoms with Crippen LogP contribution >= 0.6 is 0 Å². The lowest BCUT2D eigenvalue weighted by molar-refractivity contribution is 0.0940. The predicted molar refractivity (Wildman–Crippen MR) is 143 cm³/mol. The Balaban J connectivity index is 1.81. The number of benzene rings is 3. The highest BCUT2D eigenvalue weighted by Crippen LogP contribution is 2.25. The highest BCUT2D eigenvalue weighted by atomic mass is 32.2. The summed E-state index contributed by atoms with van der Waals surface area (Å²) in [7, 11) is -1.25. The summed E-state index contributed by atoms with van der Waals surface area (Å²) >= 11 is 0. The van der Waals surface area contributed by atoms with E-state index in [0.717, 1.165) is 15.0 Å². The minimum Gasteiger partial charge on any atom is -0.350 e. The fraction of sp³-hybridized carbons (Fsp3) is 0.259. The van der Waals surface area contributed by atoms with Crippen LogP contribution in [-0.2, 0) is 16.8 Å². The third kappa shape index (κ3) is 6.72. The molecule has 3 aromatic carbocycles. The van der Waals surface area contributed by atoms with Crippen molar-refractivity contribution in [3.8, 4) is 0 Å². The second kappa shape index (κ2) is 12.0. The third-order valence-corrected chi connectivity index (χ3v) is 7.62. The second-order valence-corrected chi connectivity index (χ2v) is 10.8. The van der Waals surface area contributed by atoms with Crippen LogP contribution in [0.25, 0.3) is 0 Å². The van der Waals surface area contributed by atoms with E-state index >= 15 is 0 Å². The van der Waals surface area contributed by atoms with E-state index in [1.165, 1.54) is 32.3 Å². The summed E-state index contributed by atoms with van der Waals surface area (Å²) in [6, 6.07) is 18.7. The standard InChI is InChI=1S/C27H31FN4O4S/c1-5-19(2)29-27(34)22-10-6-8-12-24(22)30-26(33)21-16-14-20(15-17-21)18-32(37(35,36)31(3)4)25-13-9-7-11-23(25)28/h6-17,19H,5,18H2,1-4H3,(H,29,34)(H,30,33). The number of nitrogens with zero attached hydrogens (tertiary/aromatic N) is 2. The number of rotatable bonds is 10. The zero-order chi connectivity index (χ0) is 27.2. The molecule has 0 aliphatic heterocycles. The zero-order valence-corrected chi connectivity index (χ0v) is 22.0. The van der Waals surface area contributed by atoms with Gasteiger partial charge in [0.25, 0.3) is 11.8 Å². The Morgan fingerprint density at radius 3 is 2.16 bits per heavy atom. The van der Waals surface area contributed by atoms with Crippen LogP contribution in [0.5, 0.6) is 0 Å². The molecule has 3 aromatic rings. The molecule has 10 heteroatoms. The van der Waals surface area contributed by atoms with Gasteiger partial charge >= 0.3 is 10.2 Å². The summed E-state index contributed by atoms with van der Waals surface area (Å²) in [5.74, 6) is -1.38. The second-order valence-electron chi connectivity index (χ2n) is 8.73. The van der Waals surface area contributed by atoms with E-state index in [9.17, 15) is 22.4 Å². The van der Waals surface area contributed by atoms with Gasteiger partial charge in [-0.1, -0.05) is 43.3 Å². The summed E-state index contributed by atoms with van der Waals surface area (Å²) in [5.41, 5.74) is 1.51. The van der Waals surface area contributed by atoms with Crippen LogP contribution in [0, 0.1) is 5.82 Å². The van der Waals surface area contributed by atoms with Crippen LogP contribution < -0.4 is 14.9 Å². The van der Waals surface area contributed by atoms with Crippen LogP contribution in [0.1, 0.15) is 46.5 Å². The van der Waals surface area contributed by atoms with Crippen LogP contribution in [-0.4, -0.2) is 44.7 Å². The summed E-state index contributed by atoms with van der Waals surface area (Å²) in [6.45, 7) is 3.73. The molecule has 0 saturated heterocycles. The van der Waals surface area contributed by atoms with Crippen LogP contribution in [0.3, 0.4) is 0 Å². The molecule has 0 saturated carbocycles. The van der Waals surface area contributed by atoms with Gasteiger partial charge in [-0.05, 0) is 55.3 Å². The Labute approximate surface area is 217 Å². The van der Waals surface area contributed by atoms with Crippen molar-refractivity contribution in [2.75, 3.05) is 23.7 Å². The monoisotopic (exact) mass is 526 g/mol. The fourth-order valence-corrected chi connectivity index (χ4v) is 4.56. The van der Waals surface area contributed by atoms with E-state index in [2.05, 4.69) is 10.6 Å². The molecular formula is C27H31FN4O4S. The maximum atomic E-state index is 14.5. The predicted octanol–water partition coefficient (Wildman–Crippen LogP) is 4.42. The number of hydrogen-bond donors (Lipinski definition) is 2. The molecule has 8 nitrogen and oxygen atoms in total. The van der Waals surface area contributed by atoms with Gasteiger partial charge < -0.3 is 10.6 Å². The smallest absolute Gasteiger partial charge is 0.303 e. The first kappa shape index (κ1) is 27.8. The largest absolute Gasteiger partial charge is 0.350 e. The van der Waals surface area contributed by atoms with Crippen LogP contribution in [0.15, 0.2) is 72.8 Å². The number of carbonyl (C=O) groups excluding carboxylic acids is 2. The highest BCUT2D eigenvalue weighted by molar-refractivity contribution is 7.90. The number of halogens is 1. The fourth-order valence-electron chi connectivity index (χ4n) is 3.46. The van der Waals surface area contributed by atoms with Gasteiger partial charge in [0.2, 0.25) is 0 Å². The number of hydrogen-bond acceptors (Lipinski definition) is 4. The SMILES string of the molecule is CCC(C)NC(=O)c1ccccc1NC(=O)c1ccc(CN(c2ccccc2F)S(=O)(=O)N(C)C)cc1. The van der Waals surface area contributed by atoms with Crippen molar-refractivity contribution in [2.45, 2.75) is 32.9 Å². The summed E-state index contributed by atoms with van der Waals surface area (Å²) < 4.78 is 42.3.